The number of carbonyl (C=O) groups is 1. The van der Waals surface area contributed by atoms with Gasteiger partial charge in [-0.2, -0.15) is 0 Å². The first kappa shape index (κ1) is 14.6. The largest absolute Gasteiger partial charge is 0.338 e. The van der Waals surface area contributed by atoms with Gasteiger partial charge in [-0.05, 0) is 19.3 Å². The van der Waals surface area contributed by atoms with E-state index < -0.39 is 0 Å². The highest BCUT2D eigenvalue weighted by atomic mass is 16.2. The number of piperazine rings is 1. The molecule has 1 saturated heterocycles. The molecule has 2 aliphatic rings. The molecule has 2 amide bonds. The minimum absolute atomic E-state index is 0.136. The van der Waals surface area contributed by atoms with Crippen LogP contribution in [-0.4, -0.2) is 54.6 Å². The maximum Gasteiger partial charge on any atom is 0.317 e. The molecular weight excluding hydrogens is 238 g/mol. The van der Waals surface area contributed by atoms with Crippen LogP contribution >= 0.6 is 0 Å². The average Bonchev–Trinajstić information content (AvgIpc) is 2.48. The van der Waals surface area contributed by atoms with Gasteiger partial charge >= 0.3 is 6.03 Å². The summed E-state index contributed by atoms with van der Waals surface area (Å²) in [4.78, 5) is 16.5. The Kier molecular flexibility index (Phi) is 5.95. The molecule has 0 unspecified atom stereocenters. The van der Waals surface area contributed by atoms with Crippen LogP contribution in [0.4, 0.5) is 4.79 Å². The first-order chi connectivity index (χ1) is 9.31. The summed E-state index contributed by atoms with van der Waals surface area (Å²) in [5, 5.41) is 3.02. The molecule has 0 aromatic carbocycles. The molecule has 1 aliphatic heterocycles. The topological polar surface area (TPSA) is 35.6 Å². The molecule has 1 N–H and O–H groups in total. The van der Waals surface area contributed by atoms with Crippen LogP contribution in [0.15, 0.2) is 0 Å². The van der Waals surface area contributed by atoms with Crippen molar-refractivity contribution >= 4 is 6.03 Å². The van der Waals surface area contributed by atoms with E-state index in [0.717, 1.165) is 51.6 Å². The van der Waals surface area contributed by atoms with E-state index in [4.69, 9.17) is 0 Å². The third-order valence-electron chi connectivity index (χ3n) is 4.50. The van der Waals surface area contributed by atoms with Crippen LogP contribution in [0.1, 0.15) is 51.9 Å². The Morgan fingerprint density at radius 2 is 1.79 bits per heavy atom. The van der Waals surface area contributed by atoms with Crippen LogP contribution < -0.4 is 5.32 Å². The fraction of sp³-hybridized carbons (Fsp3) is 0.933. The number of unbranched alkanes of at least 4 members (excludes halogenated alkanes) is 1. The smallest absolute Gasteiger partial charge is 0.317 e. The Morgan fingerprint density at radius 1 is 1.11 bits per heavy atom. The lowest BCUT2D eigenvalue weighted by atomic mass is 9.94. The number of rotatable bonds is 4. The average molecular weight is 267 g/mol. The molecular formula is C15H29N3O. The third-order valence-corrected chi connectivity index (χ3v) is 4.50. The van der Waals surface area contributed by atoms with Gasteiger partial charge in [0.15, 0.2) is 0 Å². The summed E-state index contributed by atoms with van der Waals surface area (Å²) in [6.07, 6.45) is 9.13. The summed E-state index contributed by atoms with van der Waals surface area (Å²) < 4.78 is 0. The summed E-state index contributed by atoms with van der Waals surface area (Å²) >= 11 is 0. The van der Waals surface area contributed by atoms with Gasteiger partial charge in [0, 0.05) is 38.8 Å². The summed E-state index contributed by atoms with van der Waals surface area (Å²) in [7, 11) is 0. The molecule has 1 aliphatic carbocycles. The van der Waals surface area contributed by atoms with Crippen molar-refractivity contribution < 1.29 is 4.79 Å². The highest BCUT2D eigenvalue weighted by Crippen LogP contribution is 2.23. The van der Waals surface area contributed by atoms with Gasteiger partial charge in [-0.1, -0.05) is 32.6 Å². The number of hydrogen-bond donors (Lipinski definition) is 1. The van der Waals surface area contributed by atoms with E-state index in [1.54, 1.807) is 0 Å². The van der Waals surface area contributed by atoms with Crippen molar-refractivity contribution in [3.63, 3.8) is 0 Å². The number of carbonyl (C=O) groups excluding carboxylic acids is 1. The van der Waals surface area contributed by atoms with Gasteiger partial charge in [-0.3, -0.25) is 4.90 Å². The molecule has 4 heteroatoms. The van der Waals surface area contributed by atoms with Gasteiger partial charge in [0.2, 0.25) is 0 Å². The molecule has 19 heavy (non-hydrogen) atoms. The van der Waals surface area contributed by atoms with Crippen molar-refractivity contribution in [2.24, 2.45) is 0 Å². The monoisotopic (exact) mass is 267 g/mol. The Bertz CT molecular complexity index is 269. The van der Waals surface area contributed by atoms with E-state index in [2.05, 4.69) is 17.1 Å². The van der Waals surface area contributed by atoms with Crippen molar-refractivity contribution in [2.75, 3.05) is 32.7 Å². The highest BCUT2D eigenvalue weighted by Gasteiger charge is 2.26. The Balaban J connectivity index is 1.68. The second-order valence-electron chi connectivity index (χ2n) is 5.90. The molecule has 0 radical (unpaired) electrons. The van der Waals surface area contributed by atoms with E-state index in [1.165, 1.54) is 32.1 Å². The quantitative estimate of drug-likeness (QED) is 0.794. The summed E-state index contributed by atoms with van der Waals surface area (Å²) in [6.45, 7) is 6.88. The van der Waals surface area contributed by atoms with Crippen molar-refractivity contribution in [2.45, 2.75) is 57.9 Å². The fourth-order valence-corrected chi connectivity index (χ4v) is 3.22. The summed E-state index contributed by atoms with van der Waals surface area (Å²) in [5.41, 5.74) is 0. The maximum absolute atomic E-state index is 12.0. The van der Waals surface area contributed by atoms with E-state index in [0.29, 0.717) is 0 Å². The van der Waals surface area contributed by atoms with Crippen LogP contribution in [0.25, 0.3) is 0 Å². The molecule has 4 nitrogen and oxygen atoms in total. The van der Waals surface area contributed by atoms with Gasteiger partial charge < -0.3 is 10.2 Å². The number of amides is 2. The van der Waals surface area contributed by atoms with Gasteiger partial charge in [0.25, 0.3) is 0 Å². The second-order valence-corrected chi connectivity index (χ2v) is 5.90. The van der Waals surface area contributed by atoms with Gasteiger partial charge in [-0.15, -0.1) is 0 Å². The van der Waals surface area contributed by atoms with E-state index in [9.17, 15) is 4.79 Å². The summed E-state index contributed by atoms with van der Waals surface area (Å²) in [6, 6.07) is 0.927. The first-order valence-corrected chi connectivity index (χ1v) is 8.08. The van der Waals surface area contributed by atoms with E-state index >= 15 is 0 Å². The number of urea groups is 1. The molecule has 0 spiro atoms. The van der Waals surface area contributed by atoms with Crippen molar-refractivity contribution in [1.29, 1.82) is 0 Å². The minimum Gasteiger partial charge on any atom is -0.338 e. The molecule has 1 saturated carbocycles. The normalized spacial score (nSPS) is 22.5. The Morgan fingerprint density at radius 3 is 2.42 bits per heavy atom. The number of nitrogens with one attached hydrogen (secondary N) is 1. The van der Waals surface area contributed by atoms with Gasteiger partial charge in [0.05, 0.1) is 0 Å². The predicted octanol–water partition coefficient (Wildman–Crippen LogP) is 2.45. The van der Waals surface area contributed by atoms with Crippen molar-refractivity contribution in [3.8, 4) is 0 Å². The Hall–Kier alpha value is -0.770. The molecule has 1 heterocycles. The van der Waals surface area contributed by atoms with E-state index in [1.807, 2.05) is 4.90 Å². The lowest BCUT2D eigenvalue weighted by Gasteiger charge is -2.40. The maximum atomic E-state index is 12.0. The van der Waals surface area contributed by atoms with Crippen LogP contribution in [-0.2, 0) is 0 Å². The van der Waals surface area contributed by atoms with Crippen LogP contribution in [0.5, 0.6) is 0 Å². The molecule has 0 aromatic heterocycles. The molecule has 110 valence electrons. The zero-order chi connectivity index (χ0) is 13.5. The Labute approximate surface area is 117 Å². The van der Waals surface area contributed by atoms with Crippen molar-refractivity contribution in [1.82, 2.24) is 15.1 Å². The SMILES string of the molecule is CCCCNC(=O)N1CCN(C2CCCCC2)CC1. The van der Waals surface area contributed by atoms with E-state index in [-0.39, 0.29) is 6.03 Å². The molecule has 0 aromatic rings. The molecule has 0 bridgehead atoms. The molecule has 0 atom stereocenters. The number of nitrogens with zero attached hydrogens (tertiary/aromatic N) is 2. The van der Waals surface area contributed by atoms with Gasteiger partial charge in [-0.25, -0.2) is 4.79 Å². The second kappa shape index (κ2) is 7.73. The fourth-order valence-electron chi connectivity index (χ4n) is 3.22. The van der Waals surface area contributed by atoms with Crippen molar-refractivity contribution in [3.05, 3.63) is 0 Å². The highest BCUT2D eigenvalue weighted by molar-refractivity contribution is 5.74. The van der Waals surface area contributed by atoms with Crippen LogP contribution in [0.3, 0.4) is 0 Å². The standard InChI is InChI=1S/C15H29N3O/c1-2-3-9-16-15(19)18-12-10-17(11-13-18)14-7-5-4-6-8-14/h14H,2-13H2,1H3,(H,16,19). The third kappa shape index (κ3) is 4.37. The van der Waals surface area contributed by atoms with Crippen LogP contribution in [0, 0.1) is 0 Å². The zero-order valence-electron chi connectivity index (χ0n) is 12.4. The first-order valence-electron chi connectivity index (χ1n) is 8.08. The number of hydrogen-bond acceptors (Lipinski definition) is 2. The molecule has 2 rings (SSSR count). The molecule has 2 fully saturated rings. The van der Waals surface area contributed by atoms with Crippen LogP contribution in [0.2, 0.25) is 0 Å². The predicted molar refractivity (Wildman–Crippen MR) is 78.3 cm³/mol. The summed E-state index contributed by atoms with van der Waals surface area (Å²) in [5.74, 6) is 0. The van der Waals surface area contributed by atoms with Gasteiger partial charge in [0.1, 0.15) is 0 Å². The minimum atomic E-state index is 0.136. The lowest BCUT2D eigenvalue weighted by Crippen LogP contribution is -2.54. The zero-order valence-corrected chi connectivity index (χ0v) is 12.4. The lowest BCUT2D eigenvalue weighted by molar-refractivity contribution is 0.0906.